The summed E-state index contributed by atoms with van der Waals surface area (Å²) >= 11 is 0. The van der Waals surface area contributed by atoms with Gasteiger partial charge in [-0.3, -0.25) is 43.0 Å². The fourth-order valence-electron chi connectivity index (χ4n) is 14.4. The predicted molar refractivity (Wildman–Crippen MR) is 355 cm³/mol. The summed E-state index contributed by atoms with van der Waals surface area (Å²) in [6.45, 7) is 10.4. The lowest BCUT2D eigenvalue weighted by atomic mass is 10.0. The lowest BCUT2D eigenvalue weighted by molar-refractivity contribution is -0.148. The number of carbonyl (C=O) groups excluding carboxylic acids is 8. The molecular weight excluding hydrogens is 1230 g/mol. The van der Waals surface area contributed by atoms with Crippen molar-refractivity contribution in [2.75, 3.05) is 40.3 Å². The topological polar surface area (TPSA) is 278 Å². The molecule has 2 aliphatic carbocycles. The van der Waals surface area contributed by atoms with E-state index in [2.05, 4.69) is 31.6 Å². The summed E-state index contributed by atoms with van der Waals surface area (Å²) in [5.74, 6) is -3.36. The zero-order valence-corrected chi connectivity index (χ0v) is 57.1. The van der Waals surface area contributed by atoms with Crippen LogP contribution in [0.1, 0.15) is 213 Å². The van der Waals surface area contributed by atoms with Crippen LogP contribution in [0.4, 0.5) is 4.39 Å². The number of rotatable bonds is 9. The molecule has 6 heterocycles. The molecule has 8 atom stereocenters. The van der Waals surface area contributed by atoms with Crippen LogP contribution in [0.25, 0.3) is 0 Å². The molecule has 8 amide bonds. The highest BCUT2D eigenvalue weighted by Gasteiger charge is 2.48. The number of hydrogen-bond donors (Lipinski definition) is 4. The van der Waals surface area contributed by atoms with E-state index in [1.165, 1.54) is 15.9 Å². The van der Waals surface area contributed by atoms with Gasteiger partial charge < -0.3 is 50.3 Å². The van der Waals surface area contributed by atoms with Crippen molar-refractivity contribution >= 4 is 47.3 Å². The molecule has 0 spiro atoms. The van der Waals surface area contributed by atoms with Gasteiger partial charge in [0.25, 0.3) is 11.8 Å². The third-order valence-electron chi connectivity index (χ3n) is 20.0. The number of fused-ring (bicyclic) bond motifs is 8. The van der Waals surface area contributed by atoms with Crippen molar-refractivity contribution in [3.8, 4) is 11.5 Å². The average Bonchev–Trinajstić information content (AvgIpc) is 1.61. The lowest BCUT2D eigenvalue weighted by Crippen LogP contribution is -2.57. The van der Waals surface area contributed by atoms with Crippen LogP contribution in [0.15, 0.2) is 48.7 Å². The number of carbonyl (C=O) groups is 8. The van der Waals surface area contributed by atoms with Gasteiger partial charge in [-0.25, -0.2) is 9.07 Å². The molecule has 2 saturated carbocycles. The van der Waals surface area contributed by atoms with E-state index in [-0.39, 0.29) is 102 Å². The number of aryl methyl sites for hydroxylation is 2. The summed E-state index contributed by atoms with van der Waals surface area (Å²) in [6.07, 6.45) is 17.4. The smallest absolute Gasteiger partial charge is 0.255 e. The fraction of sp³-hybridized carbons (Fsp3) is 0.662. The molecule has 25 heteroatoms. The van der Waals surface area contributed by atoms with Gasteiger partial charge in [0.1, 0.15) is 78.2 Å². The molecule has 6 aliphatic rings. The number of nitrogens with zero attached hydrogens (tertiary/aromatic N) is 10. The van der Waals surface area contributed by atoms with Gasteiger partial charge in [-0.05, 0) is 131 Å². The number of nitrogens with one attached hydrogen (secondary N) is 4. The molecule has 4 fully saturated rings. The highest BCUT2D eigenvalue weighted by atomic mass is 19.1. The molecule has 4 aliphatic heterocycles. The first-order valence-electron chi connectivity index (χ1n) is 35.6. The van der Waals surface area contributed by atoms with E-state index in [1.54, 1.807) is 59.0 Å². The molecule has 10 rings (SSSR count). The number of amides is 8. The third-order valence-corrected chi connectivity index (χ3v) is 20.0. The Kier molecular flexibility index (Phi) is 24.6. The summed E-state index contributed by atoms with van der Waals surface area (Å²) < 4.78 is 31.1. The molecule has 4 bridgehead atoms. The second-order valence-electron chi connectivity index (χ2n) is 28.4. The highest BCUT2D eigenvalue weighted by molar-refractivity contribution is 6.02. The van der Waals surface area contributed by atoms with Crippen LogP contribution in [-0.4, -0.2) is 173 Å². The Morgan fingerprint density at radius 3 is 1.70 bits per heavy atom. The molecule has 2 aromatic carbocycles. The number of aromatic nitrogens is 6. The summed E-state index contributed by atoms with van der Waals surface area (Å²) in [7, 11) is 3.32. The maximum Gasteiger partial charge on any atom is 0.255 e. The van der Waals surface area contributed by atoms with Crippen molar-refractivity contribution in [1.29, 1.82) is 0 Å². The SMILES string of the molecule is CC(C)C[C@H]1NC(=O)c2ccccc2OCc2nnn(c2C2CC2C[C@H]2C(=O)NCCCCCCCCn3cc(nn3)COc3cc(F)ccc3C(=O)N[C@H](CC(C)C)C(=O)N3CCC[C@@H]3C(=O)N2C)CCCCCCCNC(=O)[C@H](CC2CC2)N(C)C(=O)[C@H]2CCCN2C1=O. The van der Waals surface area contributed by atoms with Crippen LogP contribution in [-0.2, 0) is 55.1 Å². The van der Waals surface area contributed by atoms with Crippen molar-refractivity contribution in [2.24, 2.45) is 23.7 Å². The van der Waals surface area contributed by atoms with E-state index >= 15 is 4.79 Å². The summed E-state index contributed by atoms with van der Waals surface area (Å²) in [6, 6.07) is 5.18. The van der Waals surface area contributed by atoms with Gasteiger partial charge in [0.15, 0.2) is 0 Å². The Morgan fingerprint density at radius 2 is 1.10 bits per heavy atom. The predicted octanol–water partition coefficient (Wildman–Crippen LogP) is 7.64. The molecule has 2 saturated heterocycles. The standard InChI is InChI=1S/C71H101FN14O10/c1-45(2)36-54-68(91)84-33-20-23-57(84)70(93)81(5)59(38-47-26-27-47)66(89)73-30-17-11-9-13-19-35-86-63(56(78-80-86)44-96-61-25-15-14-22-51(61)64(87)75-54)53-39-48(53)40-60-67(90)74-31-16-10-7-8-12-18-32-83-42-50(77-79-83)43-95-62-41-49(72)28-29-52(62)65(88)76-55(37-46(3)4)69(92)85-34-21-24-58(85)71(94)82(60)6/h14-15,22,25,28-29,41-42,45-48,53-55,57-60H,7-13,16-21,23-24,26-27,30-40,43-44H2,1-6H3,(H,73,89)(H,74,90)(H,75,87)(H,76,88)/t48?,53?,54-,55-,57-,58-,59+,60+/m1/s1. The highest BCUT2D eigenvalue weighted by Crippen LogP contribution is 2.51. The second-order valence-corrected chi connectivity index (χ2v) is 28.4. The first-order valence-corrected chi connectivity index (χ1v) is 35.6. The van der Waals surface area contributed by atoms with E-state index < -0.39 is 59.8 Å². The van der Waals surface area contributed by atoms with E-state index in [1.807, 2.05) is 32.4 Å². The van der Waals surface area contributed by atoms with Crippen molar-refractivity contribution < 1.29 is 52.2 Å². The molecule has 0 radical (unpaired) electrons. The molecule has 522 valence electrons. The first-order chi connectivity index (χ1) is 46.3. The van der Waals surface area contributed by atoms with Gasteiger partial charge in [-0.15, -0.1) is 10.2 Å². The number of benzene rings is 2. The Balaban J connectivity index is 0.891. The van der Waals surface area contributed by atoms with Crippen LogP contribution in [0.3, 0.4) is 0 Å². The van der Waals surface area contributed by atoms with Gasteiger partial charge in [0.2, 0.25) is 35.4 Å². The van der Waals surface area contributed by atoms with Crippen LogP contribution in [0.2, 0.25) is 0 Å². The summed E-state index contributed by atoms with van der Waals surface area (Å²) in [4.78, 5) is 123. The van der Waals surface area contributed by atoms with E-state index in [0.29, 0.717) is 101 Å². The Bertz CT molecular complexity index is 3370. The Hall–Kier alpha value is -7.99. The number of hydrogen-bond acceptors (Lipinski definition) is 14. The molecule has 2 unspecified atom stereocenters. The summed E-state index contributed by atoms with van der Waals surface area (Å²) in [5, 5.41) is 30.2. The molecular formula is C71H101FN14O10. The quantitative estimate of drug-likeness (QED) is 0.125. The van der Waals surface area contributed by atoms with Crippen LogP contribution >= 0.6 is 0 Å². The van der Waals surface area contributed by atoms with Gasteiger partial charge in [0.05, 0.1) is 23.0 Å². The van der Waals surface area contributed by atoms with E-state index in [4.69, 9.17) is 19.8 Å². The molecule has 4 N–H and O–H groups in total. The molecule has 2 aromatic heterocycles. The number of para-hydroxylation sites is 1. The molecule has 4 aromatic rings. The van der Waals surface area contributed by atoms with E-state index in [9.17, 15) is 38.0 Å². The number of likely N-dealkylation sites (N-methyl/N-ethyl adjacent to an activating group) is 2. The largest absolute Gasteiger partial charge is 0.486 e. The third kappa shape index (κ3) is 18.4. The Morgan fingerprint density at radius 1 is 0.562 bits per heavy atom. The lowest BCUT2D eigenvalue weighted by Gasteiger charge is -2.34. The van der Waals surface area contributed by atoms with Gasteiger partial charge in [-0.1, -0.05) is 108 Å². The van der Waals surface area contributed by atoms with Gasteiger partial charge >= 0.3 is 0 Å². The van der Waals surface area contributed by atoms with Crippen LogP contribution < -0.4 is 30.7 Å². The van der Waals surface area contributed by atoms with Gasteiger partial charge in [-0.2, -0.15) is 0 Å². The molecule has 24 nitrogen and oxygen atoms in total. The van der Waals surface area contributed by atoms with Crippen molar-refractivity contribution in [3.63, 3.8) is 0 Å². The average molecular weight is 1330 g/mol. The second kappa shape index (κ2) is 33.3. The maximum absolute atomic E-state index is 15.2. The minimum absolute atomic E-state index is 0.00531. The minimum Gasteiger partial charge on any atom is -0.486 e. The normalized spacial score (nSPS) is 25.9. The fourth-order valence-corrected chi connectivity index (χ4v) is 14.4. The van der Waals surface area contributed by atoms with Gasteiger partial charge in [0, 0.05) is 65.3 Å². The number of ether oxygens (including phenoxy) is 2. The Labute approximate surface area is 563 Å². The van der Waals surface area contributed by atoms with Crippen molar-refractivity contribution in [1.82, 2.24) is 70.9 Å². The van der Waals surface area contributed by atoms with Crippen molar-refractivity contribution in [2.45, 2.75) is 237 Å². The minimum atomic E-state index is -1.05. The molecule has 96 heavy (non-hydrogen) atoms. The van der Waals surface area contributed by atoms with Crippen LogP contribution in [0, 0.1) is 29.5 Å². The maximum atomic E-state index is 15.2. The zero-order valence-electron chi connectivity index (χ0n) is 57.1. The van der Waals surface area contributed by atoms with E-state index in [0.717, 1.165) is 101 Å². The van der Waals surface area contributed by atoms with Crippen LogP contribution in [0.5, 0.6) is 11.5 Å². The first kappa shape index (κ1) is 70.8. The zero-order chi connectivity index (χ0) is 68.0. The summed E-state index contributed by atoms with van der Waals surface area (Å²) in [5.41, 5.74) is 2.15. The monoisotopic (exact) mass is 1330 g/mol. The number of halogens is 1. The van der Waals surface area contributed by atoms with Crippen molar-refractivity contribution in [3.05, 3.63) is 82.7 Å².